The number of benzene rings is 3. The Hall–Kier alpha value is -1.96. The van der Waals surface area contributed by atoms with Crippen molar-refractivity contribution in [1.82, 2.24) is 0 Å². The minimum Gasteiger partial charge on any atom is -0.311 e. The molecule has 0 unspecified atom stereocenters. The minimum atomic E-state index is 0.735. The lowest BCUT2D eigenvalue weighted by molar-refractivity contribution is 0.607. The first-order valence-corrected chi connectivity index (χ1v) is 11.3. The van der Waals surface area contributed by atoms with Gasteiger partial charge in [0.25, 0.3) is 0 Å². The van der Waals surface area contributed by atoms with Gasteiger partial charge in [-0.15, -0.1) is 0 Å². The van der Waals surface area contributed by atoms with Gasteiger partial charge in [-0.25, -0.2) is 0 Å². The number of hydrogen-bond acceptors (Lipinski definition) is 1. The highest BCUT2D eigenvalue weighted by Gasteiger charge is 2.12. The predicted octanol–water partition coefficient (Wildman–Crippen LogP) is 9.37. The smallest absolute Gasteiger partial charge is 0.0462 e. The summed E-state index contributed by atoms with van der Waals surface area (Å²) >= 11 is 12.2. The maximum Gasteiger partial charge on any atom is 0.0462 e. The van der Waals surface area contributed by atoms with Gasteiger partial charge in [-0.3, -0.25) is 0 Å². The van der Waals surface area contributed by atoms with Gasteiger partial charge in [0.2, 0.25) is 0 Å². The molecule has 3 aromatic carbocycles. The SMILES string of the molecule is CCCCCCCCc1ccc(N(c2ccc(Cl)cc2)c2ccc(Cl)cc2)cc1. The zero-order valence-corrected chi connectivity index (χ0v) is 18.6. The number of nitrogens with zero attached hydrogens (tertiary/aromatic N) is 1. The van der Waals surface area contributed by atoms with Crippen molar-refractivity contribution in [3.05, 3.63) is 88.4 Å². The summed E-state index contributed by atoms with van der Waals surface area (Å²) in [5.41, 5.74) is 4.67. The van der Waals surface area contributed by atoms with Crippen LogP contribution < -0.4 is 4.90 Å². The van der Waals surface area contributed by atoms with Crippen molar-refractivity contribution >= 4 is 40.3 Å². The Morgan fingerprint density at radius 1 is 0.552 bits per heavy atom. The minimum absolute atomic E-state index is 0.735. The Labute approximate surface area is 185 Å². The van der Waals surface area contributed by atoms with Crippen LogP contribution in [0.2, 0.25) is 10.0 Å². The summed E-state index contributed by atoms with van der Waals surface area (Å²) in [6.45, 7) is 2.26. The molecule has 1 nitrogen and oxygen atoms in total. The Balaban J connectivity index is 1.74. The summed E-state index contributed by atoms with van der Waals surface area (Å²) in [4.78, 5) is 2.22. The first-order valence-electron chi connectivity index (χ1n) is 10.6. The normalized spacial score (nSPS) is 10.9. The molecule has 0 radical (unpaired) electrons. The van der Waals surface area contributed by atoms with Crippen LogP contribution in [0, 0.1) is 0 Å². The molecule has 0 atom stereocenters. The standard InChI is InChI=1S/C26H29Cl2N/c1-2-3-4-5-6-7-8-21-9-15-24(16-10-21)29(25-17-11-22(27)12-18-25)26-19-13-23(28)14-20-26/h9-20H,2-8H2,1H3. The monoisotopic (exact) mass is 425 g/mol. The summed E-state index contributed by atoms with van der Waals surface area (Å²) in [6, 6.07) is 24.8. The summed E-state index contributed by atoms with van der Waals surface area (Å²) in [5.74, 6) is 0. The average Bonchev–Trinajstić information content (AvgIpc) is 2.74. The fourth-order valence-electron chi connectivity index (χ4n) is 3.55. The van der Waals surface area contributed by atoms with E-state index in [1.54, 1.807) is 0 Å². The molecule has 29 heavy (non-hydrogen) atoms. The predicted molar refractivity (Wildman–Crippen MR) is 128 cm³/mol. The van der Waals surface area contributed by atoms with Crippen molar-refractivity contribution in [2.45, 2.75) is 51.9 Å². The third-order valence-electron chi connectivity index (χ3n) is 5.18. The van der Waals surface area contributed by atoms with Crippen LogP contribution in [-0.4, -0.2) is 0 Å². The van der Waals surface area contributed by atoms with Gasteiger partial charge in [-0.05, 0) is 79.1 Å². The Morgan fingerprint density at radius 2 is 0.966 bits per heavy atom. The van der Waals surface area contributed by atoms with E-state index in [1.807, 2.05) is 48.5 Å². The summed E-state index contributed by atoms with van der Waals surface area (Å²) in [7, 11) is 0. The lowest BCUT2D eigenvalue weighted by Gasteiger charge is -2.25. The molecule has 0 heterocycles. The molecule has 3 heteroatoms. The van der Waals surface area contributed by atoms with E-state index in [2.05, 4.69) is 36.1 Å². The van der Waals surface area contributed by atoms with E-state index in [9.17, 15) is 0 Å². The molecule has 0 N–H and O–H groups in total. The molecule has 0 aliphatic heterocycles. The van der Waals surface area contributed by atoms with Crippen molar-refractivity contribution in [1.29, 1.82) is 0 Å². The summed E-state index contributed by atoms with van der Waals surface area (Å²) in [5, 5.41) is 1.47. The van der Waals surface area contributed by atoms with E-state index in [-0.39, 0.29) is 0 Å². The second kappa shape index (κ2) is 11.3. The molecule has 0 amide bonds. The highest BCUT2D eigenvalue weighted by atomic mass is 35.5. The second-order valence-electron chi connectivity index (χ2n) is 7.47. The van der Waals surface area contributed by atoms with Crippen LogP contribution in [0.1, 0.15) is 51.0 Å². The van der Waals surface area contributed by atoms with E-state index in [4.69, 9.17) is 23.2 Å². The van der Waals surface area contributed by atoms with Gasteiger partial charge in [0.05, 0.1) is 0 Å². The number of rotatable bonds is 10. The zero-order chi connectivity index (χ0) is 20.5. The number of hydrogen-bond donors (Lipinski definition) is 0. The van der Waals surface area contributed by atoms with Gasteiger partial charge in [0.15, 0.2) is 0 Å². The Kier molecular flexibility index (Phi) is 8.46. The lowest BCUT2D eigenvalue weighted by atomic mass is 10.0. The van der Waals surface area contributed by atoms with E-state index < -0.39 is 0 Å². The molecule has 3 aromatic rings. The highest BCUT2D eigenvalue weighted by Crippen LogP contribution is 2.35. The van der Waals surface area contributed by atoms with Crippen LogP contribution in [0.5, 0.6) is 0 Å². The largest absolute Gasteiger partial charge is 0.311 e. The van der Waals surface area contributed by atoms with Gasteiger partial charge in [-0.2, -0.15) is 0 Å². The van der Waals surface area contributed by atoms with Crippen LogP contribution in [-0.2, 0) is 6.42 Å². The van der Waals surface area contributed by atoms with E-state index in [0.29, 0.717) is 0 Å². The lowest BCUT2D eigenvalue weighted by Crippen LogP contribution is -2.09. The van der Waals surface area contributed by atoms with E-state index >= 15 is 0 Å². The van der Waals surface area contributed by atoms with Crippen molar-refractivity contribution in [3.63, 3.8) is 0 Å². The van der Waals surface area contributed by atoms with Crippen LogP contribution >= 0.6 is 23.2 Å². The van der Waals surface area contributed by atoms with Crippen LogP contribution in [0.15, 0.2) is 72.8 Å². The van der Waals surface area contributed by atoms with Crippen LogP contribution in [0.25, 0.3) is 0 Å². The quantitative estimate of drug-likeness (QED) is 0.292. The fraction of sp³-hybridized carbons (Fsp3) is 0.308. The highest BCUT2D eigenvalue weighted by molar-refractivity contribution is 6.31. The third kappa shape index (κ3) is 6.52. The van der Waals surface area contributed by atoms with Crippen LogP contribution in [0.3, 0.4) is 0 Å². The molecule has 0 spiro atoms. The number of aryl methyl sites for hydroxylation is 1. The molecule has 0 aliphatic rings. The Bertz CT molecular complexity index is 809. The molecule has 3 rings (SSSR count). The first-order chi connectivity index (χ1) is 14.2. The molecular formula is C26H29Cl2N. The number of anilines is 3. The van der Waals surface area contributed by atoms with Crippen molar-refractivity contribution in [3.8, 4) is 0 Å². The summed E-state index contributed by atoms with van der Waals surface area (Å²) < 4.78 is 0. The van der Waals surface area contributed by atoms with Gasteiger partial charge < -0.3 is 4.90 Å². The number of halogens is 2. The molecule has 0 fully saturated rings. The van der Waals surface area contributed by atoms with E-state index in [0.717, 1.165) is 33.5 Å². The van der Waals surface area contributed by atoms with Gasteiger partial charge in [0.1, 0.15) is 0 Å². The maximum absolute atomic E-state index is 6.10. The first kappa shape index (κ1) is 21.7. The fourth-order valence-corrected chi connectivity index (χ4v) is 3.80. The van der Waals surface area contributed by atoms with E-state index in [1.165, 1.54) is 44.1 Å². The molecular weight excluding hydrogens is 397 g/mol. The van der Waals surface area contributed by atoms with Gasteiger partial charge in [0, 0.05) is 27.1 Å². The zero-order valence-electron chi connectivity index (χ0n) is 17.1. The molecule has 0 aliphatic carbocycles. The third-order valence-corrected chi connectivity index (χ3v) is 5.69. The van der Waals surface area contributed by atoms with Crippen molar-refractivity contribution in [2.75, 3.05) is 4.90 Å². The second-order valence-corrected chi connectivity index (χ2v) is 8.35. The molecule has 152 valence electrons. The molecule has 0 bridgehead atoms. The average molecular weight is 426 g/mol. The maximum atomic E-state index is 6.10. The molecule has 0 aromatic heterocycles. The Morgan fingerprint density at radius 3 is 1.45 bits per heavy atom. The topological polar surface area (TPSA) is 3.24 Å². The van der Waals surface area contributed by atoms with Crippen LogP contribution in [0.4, 0.5) is 17.1 Å². The summed E-state index contributed by atoms with van der Waals surface area (Å²) in [6.07, 6.45) is 9.12. The number of unbranched alkanes of at least 4 members (excludes halogenated alkanes) is 5. The van der Waals surface area contributed by atoms with Crippen molar-refractivity contribution in [2.24, 2.45) is 0 Å². The van der Waals surface area contributed by atoms with Gasteiger partial charge in [-0.1, -0.05) is 74.4 Å². The van der Waals surface area contributed by atoms with Gasteiger partial charge >= 0.3 is 0 Å². The molecule has 0 saturated heterocycles. The molecule has 0 saturated carbocycles. The van der Waals surface area contributed by atoms with Crippen molar-refractivity contribution < 1.29 is 0 Å².